The number of esters is 1. The van der Waals surface area contributed by atoms with Crippen LogP contribution in [0.2, 0.25) is 0 Å². The fraction of sp³-hybridized carbons (Fsp3) is 0.462. The Hall–Kier alpha value is -1.07. The Balaban J connectivity index is 2.53. The van der Waals surface area contributed by atoms with Crippen molar-refractivity contribution in [3.8, 4) is 0 Å². The highest BCUT2D eigenvalue weighted by Gasteiger charge is 2.17. The van der Waals surface area contributed by atoms with Crippen LogP contribution in [0.15, 0.2) is 22.7 Å². The summed E-state index contributed by atoms with van der Waals surface area (Å²) < 4.78 is 11.2. The van der Waals surface area contributed by atoms with E-state index in [1.54, 1.807) is 25.3 Å². The summed E-state index contributed by atoms with van der Waals surface area (Å²) in [6, 6.07) is 4.99. The van der Waals surface area contributed by atoms with Gasteiger partial charge < -0.3 is 15.2 Å². The summed E-state index contributed by atoms with van der Waals surface area (Å²) in [5, 5.41) is 0. The molecule has 0 saturated carbocycles. The molecule has 1 aromatic carbocycles. The van der Waals surface area contributed by atoms with Gasteiger partial charge in [0, 0.05) is 23.7 Å². The molecule has 5 heteroatoms. The average Bonchev–Trinajstić information content (AvgIpc) is 2.32. The third kappa shape index (κ3) is 4.31. The number of halogens is 1. The summed E-state index contributed by atoms with van der Waals surface area (Å²) in [5.74, 6) is -0.374. The van der Waals surface area contributed by atoms with Crippen molar-refractivity contribution >= 4 is 27.6 Å². The predicted octanol–water partition coefficient (Wildman–Crippen LogP) is 3.00. The second-order valence-corrected chi connectivity index (χ2v) is 5.44. The van der Waals surface area contributed by atoms with Crippen LogP contribution >= 0.6 is 15.9 Å². The first-order valence-corrected chi connectivity index (χ1v) is 6.42. The van der Waals surface area contributed by atoms with Gasteiger partial charge in [0.05, 0.1) is 17.8 Å². The molecule has 0 heterocycles. The molecule has 4 nitrogen and oxygen atoms in total. The molecule has 0 bridgehead atoms. The molecule has 0 aromatic heterocycles. The standard InChI is InChI=1S/C13H18BrNO3/c1-13(2,17-3)6-7-18-12(16)9-4-5-10(14)11(15)8-9/h4-5,8H,6-7,15H2,1-3H3. The van der Waals surface area contributed by atoms with Crippen LogP contribution in [-0.2, 0) is 9.47 Å². The lowest BCUT2D eigenvalue weighted by Gasteiger charge is -2.22. The molecular weight excluding hydrogens is 298 g/mol. The van der Waals surface area contributed by atoms with Crippen molar-refractivity contribution in [3.05, 3.63) is 28.2 Å². The fourth-order valence-corrected chi connectivity index (χ4v) is 1.49. The summed E-state index contributed by atoms with van der Waals surface area (Å²) in [5.41, 5.74) is 6.38. The number of methoxy groups -OCH3 is 1. The minimum Gasteiger partial charge on any atom is -0.462 e. The van der Waals surface area contributed by atoms with E-state index < -0.39 is 0 Å². The summed E-state index contributed by atoms with van der Waals surface area (Å²) in [6.07, 6.45) is 0.640. The van der Waals surface area contributed by atoms with Crippen molar-refractivity contribution < 1.29 is 14.3 Å². The van der Waals surface area contributed by atoms with E-state index >= 15 is 0 Å². The lowest BCUT2D eigenvalue weighted by molar-refractivity contribution is -0.00563. The number of nitrogens with two attached hydrogens (primary N) is 1. The van der Waals surface area contributed by atoms with Crippen LogP contribution in [0, 0.1) is 0 Å². The first kappa shape index (κ1) is 15.0. The van der Waals surface area contributed by atoms with Crippen molar-refractivity contribution in [1.29, 1.82) is 0 Å². The smallest absolute Gasteiger partial charge is 0.338 e. The molecule has 0 atom stereocenters. The summed E-state index contributed by atoms with van der Waals surface area (Å²) in [7, 11) is 1.64. The number of rotatable bonds is 5. The number of hydrogen-bond donors (Lipinski definition) is 1. The van der Waals surface area contributed by atoms with E-state index in [1.807, 2.05) is 13.8 Å². The Morgan fingerprint density at radius 1 is 1.44 bits per heavy atom. The molecule has 100 valence electrons. The zero-order valence-corrected chi connectivity index (χ0v) is 12.4. The molecular formula is C13H18BrNO3. The van der Waals surface area contributed by atoms with E-state index in [0.29, 0.717) is 24.3 Å². The Morgan fingerprint density at radius 2 is 2.11 bits per heavy atom. The Bertz CT molecular complexity index is 432. The van der Waals surface area contributed by atoms with Gasteiger partial charge in [-0.3, -0.25) is 0 Å². The summed E-state index contributed by atoms with van der Waals surface area (Å²) in [6.45, 7) is 4.20. The molecule has 0 aliphatic rings. The van der Waals surface area contributed by atoms with Gasteiger partial charge in [0.25, 0.3) is 0 Å². The van der Waals surface area contributed by atoms with Crippen molar-refractivity contribution in [2.45, 2.75) is 25.9 Å². The number of ether oxygens (including phenoxy) is 2. The molecule has 0 fully saturated rings. The number of hydrogen-bond acceptors (Lipinski definition) is 4. The molecule has 0 spiro atoms. The van der Waals surface area contributed by atoms with Gasteiger partial charge in [0.15, 0.2) is 0 Å². The lowest BCUT2D eigenvalue weighted by atomic mass is 10.1. The number of carbonyl (C=O) groups excluding carboxylic acids is 1. The molecule has 0 unspecified atom stereocenters. The largest absolute Gasteiger partial charge is 0.462 e. The number of carbonyl (C=O) groups is 1. The Labute approximate surface area is 116 Å². The number of benzene rings is 1. The van der Waals surface area contributed by atoms with Gasteiger partial charge in [-0.1, -0.05) is 0 Å². The van der Waals surface area contributed by atoms with E-state index in [4.69, 9.17) is 15.2 Å². The maximum atomic E-state index is 11.7. The van der Waals surface area contributed by atoms with Crippen molar-refractivity contribution in [2.24, 2.45) is 0 Å². The monoisotopic (exact) mass is 315 g/mol. The highest BCUT2D eigenvalue weighted by atomic mass is 79.9. The van der Waals surface area contributed by atoms with Crippen LogP contribution < -0.4 is 5.73 Å². The maximum Gasteiger partial charge on any atom is 0.338 e. The highest BCUT2D eigenvalue weighted by molar-refractivity contribution is 9.10. The quantitative estimate of drug-likeness (QED) is 0.670. The first-order chi connectivity index (χ1) is 8.35. The van der Waals surface area contributed by atoms with Gasteiger partial charge in [-0.25, -0.2) is 4.79 Å². The lowest BCUT2D eigenvalue weighted by Crippen LogP contribution is -2.25. The van der Waals surface area contributed by atoms with Gasteiger partial charge in [-0.05, 0) is 48.0 Å². The Morgan fingerprint density at radius 3 is 2.67 bits per heavy atom. The number of anilines is 1. The Kier molecular flexibility index (Phi) is 5.16. The first-order valence-electron chi connectivity index (χ1n) is 5.63. The zero-order chi connectivity index (χ0) is 13.8. The zero-order valence-electron chi connectivity index (χ0n) is 10.8. The average molecular weight is 316 g/mol. The molecule has 1 aromatic rings. The topological polar surface area (TPSA) is 61.5 Å². The van der Waals surface area contributed by atoms with Gasteiger partial charge in [0.1, 0.15) is 0 Å². The summed E-state index contributed by atoms with van der Waals surface area (Å²) in [4.78, 5) is 11.7. The van der Waals surface area contributed by atoms with Crippen LogP contribution in [0.3, 0.4) is 0 Å². The van der Waals surface area contributed by atoms with Gasteiger partial charge in [-0.15, -0.1) is 0 Å². The van der Waals surface area contributed by atoms with Crippen LogP contribution in [-0.4, -0.2) is 25.3 Å². The van der Waals surface area contributed by atoms with Crippen molar-refractivity contribution in [1.82, 2.24) is 0 Å². The summed E-state index contributed by atoms with van der Waals surface area (Å²) >= 11 is 3.27. The molecule has 2 N–H and O–H groups in total. The fourth-order valence-electron chi connectivity index (χ4n) is 1.25. The minimum absolute atomic E-state index is 0.293. The molecule has 0 aliphatic carbocycles. The van der Waals surface area contributed by atoms with E-state index in [2.05, 4.69) is 15.9 Å². The third-order valence-electron chi connectivity index (χ3n) is 2.72. The van der Waals surface area contributed by atoms with E-state index in [-0.39, 0.29) is 11.6 Å². The normalized spacial score (nSPS) is 11.3. The van der Waals surface area contributed by atoms with Crippen molar-refractivity contribution in [2.75, 3.05) is 19.5 Å². The van der Waals surface area contributed by atoms with Crippen LogP contribution in [0.5, 0.6) is 0 Å². The van der Waals surface area contributed by atoms with Crippen molar-refractivity contribution in [3.63, 3.8) is 0 Å². The molecule has 0 saturated heterocycles. The van der Waals surface area contributed by atoms with Crippen LogP contribution in [0.25, 0.3) is 0 Å². The van der Waals surface area contributed by atoms with Gasteiger partial charge >= 0.3 is 5.97 Å². The van der Waals surface area contributed by atoms with E-state index in [9.17, 15) is 4.79 Å². The molecule has 0 aliphatic heterocycles. The van der Waals surface area contributed by atoms with Gasteiger partial charge in [-0.2, -0.15) is 0 Å². The molecule has 18 heavy (non-hydrogen) atoms. The van der Waals surface area contributed by atoms with E-state index in [0.717, 1.165) is 4.47 Å². The number of nitrogen functional groups attached to an aromatic ring is 1. The predicted molar refractivity (Wildman–Crippen MR) is 74.5 cm³/mol. The second kappa shape index (κ2) is 6.20. The highest BCUT2D eigenvalue weighted by Crippen LogP contribution is 2.21. The third-order valence-corrected chi connectivity index (χ3v) is 3.44. The second-order valence-electron chi connectivity index (χ2n) is 4.59. The molecule has 0 amide bonds. The minimum atomic E-state index is -0.374. The van der Waals surface area contributed by atoms with Crippen LogP contribution in [0.4, 0.5) is 5.69 Å². The molecule has 0 radical (unpaired) electrons. The van der Waals surface area contributed by atoms with Crippen LogP contribution in [0.1, 0.15) is 30.6 Å². The molecule has 1 rings (SSSR count). The van der Waals surface area contributed by atoms with Gasteiger partial charge in [0.2, 0.25) is 0 Å². The SMILES string of the molecule is COC(C)(C)CCOC(=O)c1ccc(Br)c(N)c1. The maximum absolute atomic E-state index is 11.7. The van der Waals surface area contributed by atoms with E-state index in [1.165, 1.54) is 0 Å².